The summed E-state index contributed by atoms with van der Waals surface area (Å²) in [7, 11) is 0. The van der Waals surface area contributed by atoms with Gasteiger partial charge in [-0.2, -0.15) is 5.10 Å². The first kappa shape index (κ1) is 13.6. The molecular formula is C17H19N3O. The number of hydrogen-bond donors (Lipinski definition) is 1. The first-order chi connectivity index (χ1) is 10.3. The Hall–Kier alpha value is -2.33. The summed E-state index contributed by atoms with van der Waals surface area (Å²) in [4.78, 5) is 0. The summed E-state index contributed by atoms with van der Waals surface area (Å²) in [5.74, 6) is 0.873. The van der Waals surface area contributed by atoms with E-state index in [9.17, 15) is 0 Å². The number of rotatable bonds is 5. The smallest absolute Gasteiger partial charge is 0.119 e. The Morgan fingerprint density at radius 1 is 1.14 bits per heavy atom. The van der Waals surface area contributed by atoms with Crippen LogP contribution in [0.1, 0.15) is 18.5 Å². The highest BCUT2D eigenvalue weighted by Gasteiger charge is 2.10. The molecule has 3 aromatic rings. The maximum absolute atomic E-state index is 6.30. The molecule has 3 rings (SSSR count). The Morgan fingerprint density at radius 3 is 2.67 bits per heavy atom. The fourth-order valence-corrected chi connectivity index (χ4v) is 2.44. The fourth-order valence-electron chi connectivity index (χ4n) is 2.44. The van der Waals surface area contributed by atoms with E-state index in [1.807, 2.05) is 54.2 Å². The number of fused-ring (bicyclic) bond motifs is 1. The number of nitrogens with zero attached hydrogens (tertiary/aromatic N) is 2. The van der Waals surface area contributed by atoms with E-state index in [0.29, 0.717) is 13.2 Å². The molecule has 0 saturated heterocycles. The molecule has 4 heteroatoms. The molecule has 21 heavy (non-hydrogen) atoms. The lowest BCUT2D eigenvalue weighted by molar-refractivity contribution is 0.340. The molecule has 0 radical (unpaired) electrons. The number of benzene rings is 2. The lowest BCUT2D eigenvalue weighted by atomic mass is 10.1. The van der Waals surface area contributed by atoms with Gasteiger partial charge in [0.2, 0.25) is 0 Å². The number of hydrogen-bond acceptors (Lipinski definition) is 3. The number of nitrogens with two attached hydrogens (primary N) is 1. The van der Waals surface area contributed by atoms with E-state index in [2.05, 4.69) is 17.2 Å². The summed E-state index contributed by atoms with van der Waals surface area (Å²) < 4.78 is 7.40. The molecule has 2 N–H and O–H groups in total. The van der Waals surface area contributed by atoms with Crippen molar-refractivity contribution in [2.45, 2.75) is 19.5 Å². The summed E-state index contributed by atoms with van der Waals surface area (Å²) in [5, 5.41) is 5.56. The van der Waals surface area contributed by atoms with Gasteiger partial charge in [-0.3, -0.25) is 4.68 Å². The zero-order valence-corrected chi connectivity index (χ0v) is 12.1. The van der Waals surface area contributed by atoms with Crippen LogP contribution in [-0.4, -0.2) is 16.4 Å². The second kappa shape index (κ2) is 5.97. The Morgan fingerprint density at radius 2 is 1.90 bits per heavy atom. The Kier molecular flexibility index (Phi) is 3.88. The second-order valence-electron chi connectivity index (χ2n) is 4.99. The van der Waals surface area contributed by atoms with Crippen LogP contribution in [0.25, 0.3) is 10.9 Å². The molecule has 0 bridgehead atoms. The molecule has 0 aliphatic carbocycles. The molecule has 2 aromatic carbocycles. The van der Waals surface area contributed by atoms with Crippen LogP contribution >= 0.6 is 0 Å². The molecule has 0 fully saturated rings. The van der Waals surface area contributed by atoms with Gasteiger partial charge in [-0.25, -0.2) is 0 Å². The van der Waals surface area contributed by atoms with Crippen LogP contribution in [0, 0.1) is 0 Å². The lowest BCUT2D eigenvalue weighted by Crippen LogP contribution is -2.18. The van der Waals surface area contributed by atoms with Crippen molar-refractivity contribution in [1.29, 1.82) is 0 Å². The highest BCUT2D eigenvalue weighted by Crippen LogP contribution is 2.20. The predicted octanol–water partition coefficient (Wildman–Crippen LogP) is 3.14. The largest absolute Gasteiger partial charge is 0.494 e. The molecule has 4 nitrogen and oxygen atoms in total. The number of ether oxygens (including phenoxy) is 1. The van der Waals surface area contributed by atoms with Crippen molar-refractivity contribution in [3.63, 3.8) is 0 Å². The van der Waals surface area contributed by atoms with E-state index in [-0.39, 0.29) is 6.04 Å². The molecular weight excluding hydrogens is 262 g/mol. The maximum Gasteiger partial charge on any atom is 0.119 e. The van der Waals surface area contributed by atoms with Crippen LogP contribution < -0.4 is 10.5 Å². The minimum Gasteiger partial charge on any atom is -0.494 e. The molecule has 0 amide bonds. The topological polar surface area (TPSA) is 53.1 Å². The third-order valence-electron chi connectivity index (χ3n) is 3.54. The molecule has 1 atom stereocenters. The van der Waals surface area contributed by atoms with Crippen LogP contribution in [0.4, 0.5) is 0 Å². The summed E-state index contributed by atoms with van der Waals surface area (Å²) in [6.07, 6.45) is 1.88. The predicted molar refractivity (Wildman–Crippen MR) is 84.3 cm³/mol. The molecule has 1 heterocycles. The van der Waals surface area contributed by atoms with Gasteiger partial charge in [-0.05, 0) is 30.7 Å². The molecule has 1 aromatic heterocycles. The first-order valence-electron chi connectivity index (χ1n) is 7.17. The first-order valence-corrected chi connectivity index (χ1v) is 7.17. The quantitative estimate of drug-likeness (QED) is 0.781. The fraction of sp³-hybridized carbons (Fsp3) is 0.235. The lowest BCUT2D eigenvalue weighted by Gasteiger charge is -2.13. The van der Waals surface area contributed by atoms with E-state index in [1.165, 1.54) is 0 Å². The number of aromatic nitrogens is 2. The van der Waals surface area contributed by atoms with Crippen LogP contribution in [0.15, 0.2) is 54.7 Å². The van der Waals surface area contributed by atoms with Crippen molar-refractivity contribution < 1.29 is 4.74 Å². The highest BCUT2D eigenvalue weighted by molar-refractivity contribution is 5.78. The Balaban J connectivity index is 1.77. The highest BCUT2D eigenvalue weighted by atomic mass is 16.5. The third-order valence-corrected chi connectivity index (χ3v) is 3.54. The van der Waals surface area contributed by atoms with Crippen molar-refractivity contribution in [2.75, 3.05) is 6.61 Å². The summed E-state index contributed by atoms with van der Waals surface area (Å²) in [5.41, 5.74) is 8.49. The Labute approximate surface area is 124 Å². The SMILES string of the molecule is CCOc1ccc(C(N)Cn2ncc3ccccc32)cc1. The van der Waals surface area contributed by atoms with Gasteiger partial charge >= 0.3 is 0 Å². The van der Waals surface area contributed by atoms with Crippen LogP contribution in [0.2, 0.25) is 0 Å². The summed E-state index contributed by atoms with van der Waals surface area (Å²) in [6.45, 7) is 3.30. The zero-order valence-electron chi connectivity index (χ0n) is 12.1. The summed E-state index contributed by atoms with van der Waals surface area (Å²) >= 11 is 0. The van der Waals surface area contributed by atoms with Gasteiger partial charge in [0.05, 0.1) is 24.9 Å². The molecule has 0 spiro atoms. The zero-order chi connectivity index (χ0) is 14.7. The van der Waals surface area contributed by atoms with Gasteiger partial charge in [0, 0.05) is 11.4 Å². The molecule has 108 valence electrons. The van der Waals surface area contributed by atoms with Gasteiger partial charge in [-0.1, -0.05) is 30.3 Å². The van der Waals surface area contributed by atoms with E-state index in [0.717, 1.165) is 22.2 Å². The Bertz CT molecular complexity index is 718. The van der Waals surface area contributed by atoms with Crippen LogP contribution in [0.3, 0.4) is 0 Å². The van der Waals surface area contributed by atoms with Gasteiger partial charge < -0.3 is 10.5 Å². The van der Waals surface area contributed by atoms with Crippen LogP contribution in [0.5, 0.6) is 5.75 Å². The van der Waals surface area contributed by atoms with Crippen molar-refractivity contribution in [3.05, 3.63) is 60.3 Å². The van der Waals surface area contributed by atoms with Crippen molar-refractivity contribution in [3.8, 4) is 5.75 Å². The van der Waals surface area contributed by atoms with Gasteiger partial charge in [0.1, 0.15) is 5.75 Å². The molecule has 0 aliphatic heterocycles. The van der Waals surface area contributed by atoms with E-state index in [4.69, 9.17) is 10.5 Å². The average molecular weight is 281 g/mol. The minimum atomic E-state index is -0.0935. The van der Waals surface area contributed by atoms with Gasteiger partial charge in [0.25, 0.3) is 0 Å². The maximum atomic E-state index is 6.30. The molecule has 0 saturated carbocycles. The van der Waals surface area contributed by atoms with Gasteiger partial charge in [-0.15, -0.1) is 0 Å². The number of para-hydroxylation sites is 1. The van der Waals surface area contributed by atoms with Gasteiger partial charge in [0.15, 0.2) is 0 Å². The van der Waals surface area contributed by atoms with Crippen molar-refractivity contribution in [1.82, 2.24) is 9.78 Å². The normalized spacial score (nSPS) is 12.5. The van der Waals surface area contributed by atoms with Crippen molar-refractivity contribution in [2.24, 2.45) is 5.73 Å². The third kappa shape index (κ3) is 2.90. The molecule has 0 aliphatic rings. The molecule has 1 unspecified atom stereocenters. The minimum absolute atomic E-state index is 0.0935. The van der Waals surface area contributed by atoms with E-state index in [1.54, 1.807) is 0 Å². The monoisotopic (exact) mass is 281 g/mol. The second-order valence-corrected chi connectivity index (χ2v) is 4.99. The summed E-state index contributed by atoms with van der Waals surface area (Å²) in [6, 6.07) is 16.0. The van der Waals surface area contributed by atoms with Crippen LogP contribution in [-0.2, 0) is 6.54 Å². The van der Waals surface area contributed by atoms with E-state index < -0.39 is 0 Å². The standard InChI is InChI=1S/C17H19N3O/c1-2-21-15-9-7-13(8-10-15)16(18)12-20-17-6-4-3-5-14(17)11-19-20/h3-11,16H,2,12,18H2,1H3. The average Bonchev–Trinajstić information content (AvgIpc) is 2.92. The van der Waals surface area contributed by atoms with Crippen molar-refractivity contribution >= 4 is 10.9 Å². The van der Waals surface area contributed by atoms with E-state index >= 15 is 0 Å².